The van der Waals surface area contributed by atoms with Crippen molar-refractivity contribution >= 4 is 5.69 Å². The average Bonchev–Trinajstić information content (AvgIpc) is 2.25. The molecule has 1 fully saturated rings. The van der Waals surface area contributed by atoms with Gasteiger partial charge in [0.05, 0.1) is 6.04 Å². The lowest BCUT2D eigenvalue weighted by atomic mass is 10.0. The number of aromatic hydroxyl groups is 1. The summed E-state index contributed by atoms with van der Waals surface area (Å²) in [5.41, 5.74) is 6.83. The Balaban J connectivity index is 1.98. The summed E-state index contributed by atoms with van der Waals surface area (Å²) in [6.07, 6.45) is 0.887. The Morgan fingerprint density at radius 1 is 1.33 bits per heavy atom. The van der Waals surface area contributed by atoms with Crippen molar-refractivity contribution in [1.82, 2.24) is 0 Å². The van der Waals surface area contributed by atoms with Crippen molar-refractivity contribution in [2.75, 3.05) is 11.9 Å². The predicted molar refractivity (Wildman–Crippen MR) is 58.4 cm³/mol. The molecule has 1 aliphatic rings. The topological polar surface area (TPSA) is 67.5 Å². The van der Waals surface area contributed by atoms with Crippen LogP contribution in [0, 0.1) is 6.61 Å². The number of hydrogen-bond donors (Lipinski definition) is 3. The number of nitrogens with two attached hydrogens (primary N) is 1. The maximum atomic E-state index is 9.14. The van der Waals surface area contributed by atoms with Gasteiger partial charge in [0.15, 0.2) is 0 Å². The van der Waals surface area contributed by atoms with Crippen molar-refractivity contribution in [3.8, 4) is 5.75 Å². The van der Waals surface area contributed by atoms with E-state index in [9.17, 15) is 0 Å². The number of hydrogen-bond acceptors (Lipinski definition) is 4. The Bertz CT molecular complexity index is 313. The maximum absolute atomic E-state index is 9.14. The van der Waals surface area contributed by atoms with Crippen molar-refractivity contribution in [2.45, 2.75) is 18.5 Å². The lowest BCUT2D eigenvalue weighted by Gasteiger charge is -2.29. The Kier molecular flexibility index (Phi) is 3.08. The predicted octanol–water partition coefficient (Wildman–Crippen LogP) is 1.08. The van der Waals surface area contributed by atoms with Gasteiger partial charge in [-0.3, -0.25) is 0 Å². The van der Waals surface area contributed by atoms with Crippen LogP contribution in [-0.2, 0) is 4.74 Å². The first-order chi connectivity index (χ1) is 7.25. The third-order valence-electron chi connectivity index (χ3n) is 2.48. The average molecular weight is 207 g/mol. The zero-order valence-electron chi connectivity index (χ0n) is 8.39. The number of anilines is 1. The van der Waals surface area contributed by atoms with E-state index < -0.39 is 0 Å². The first kappa shape index (κ1) is 10.3. The SMILES string of the molecule is NC1[CH]OCCC1Nc1ccc(O)cc1. The molecule has 1 aromatic rings. The minimum atomic E-state index is -0.0902. The Labute approximate surface area is 89.0 Å². The molecule has 4 heteroatoms. The monoisotopic (exact) mass is 207 g/mol. The molecule has 0 saturated carbocycles. The van der Waals surface area contributed by atoms with E-state index in [1.165, 1.54) is 0 Å². The van der Waals surface area contributed by atoms with Crippen molar-refractivity contribution in [3.05, 3.63) is 30.9 Å². The highest BCUT2D eigenvalue weighted by Gasteiger charge is 2.22. The molecule has 4 nitrogen and oxygen atoms in total. The van der Waals surface area contributed by atoms with Gasteiger partial charge < -0.3 is 20.9 Å². The zero-order valence-corrected chi connectivity index (χ0v) is 8.39. The molecule has 15 heavy (non-hydrogen) atoms. The molecular formula is C11H15N2O2. The highest BCUT2D eigenvalue weighted by atomic mass is 16.5. The smallest absolute Gasteiger partial charge is 0.115 e. The number of ether oxygens (including phenoxy) is 1. The molecule has 1 aliphatic heterocycles. The minimum Gasteiger partial charge on any atom is -0.508 e. The number of rotatable bonds is 2. The summed E-state index contributed by atoms with van der Waals surface area (Å²) in [6, 6.07) is 7.07. The third kappa shape index (κ3) is 2.61. The van der Waals surface area contributed by atoms with E-state index >= 15 is 0 Å². The summed E-state index contributed by atoms with van der Waals surface area (Å²) in [7, 11) is 0. The highest BCUT2D eigenvalue weighted by molar-refractivity contribution is 5.47. The Morgan fingerprint density at radius 2 is 2.07 bits per heavy atom. The van der Waals surface area contributed by atoms with Crippen LogP contribution in [0.3, 0.4) is 0 Å². The summed E-state index contributed by atoms with van der Waals surface area (Å²) >= 11 is 0. The van der Waals surface area contributed by atoms with Crippen molar-refractivity contribution in [2.24, 2.45) is 5.73 Å². The number of benzene rings is 1. The van der Waals surface area contributed by atoms with Crippen LogP contribution < -0.4 is 11.1 Å². The fourth-order valence-corrected chi connectivity index (χ4v) is 1.60. The second-order valence-corrected chi connectivity index (χ2v) is 3.67. The van der Waals surface area contributed by atoms with E-state index in [-0.39, 0.29) is 17.8 Å². The summed E-state index contributed by atoms with van der Waals surface area (Å²) in [5, 5.41) is 12.4. The van der Waals surface area contributed by atoms with Crippen LogP contribution in [-0.4, -0.2) is 23.8 Å². The van der Waals surface area contributed by atoms with Crippen molar-refractivity contribution in [3.63, 3.8) is 0 Å². The van der Waals surface area contributed by atoms with Gasteiger partial charge in [0, 0.05) is 18.3 Å². The van der Waals surface area contributed by atoms with Crippen LogP contribution in [0.4, 0.5) is 5.69 Å². The van der Waals surface area contributed by atoms with E-state index in [1.54, 1.807) is 18.7 Å². The van der Waals surface area contributed by atoms with Gasteiger partial charge in [-0.1, -0.05) is 0 Å². The first-order valence-electron chi connectivity index (χ1n) is 5.02. The summed E-state index contributed by atoms with van der Waals surface area (Å²) in [5.74, 6) is 0.267. The minimum absolute atomic E-state index is 0.0902. The zero-order chi connectivity index (χ0) is 10.7. The lowest BCUT2D eigenvalue weighted by Crippen LogP contribution is -2.45. The van der Waals surface area contributed by atoms with Crippen LogP contribution in [0.15, 0.2) is 24.3 Å². The van der Waals surface area contributed by atoms with Gasteiger partial charge in [-0.2, -0.15) is 0 Å². The van der Waals surface area contributed by atoms with Crippen molar-refractivity contribution < 1.29 is 9.84 Å². The summed E-state index contributed by atoms with van der Waals surface area (Å²) in [6.45, 7) is 2.37. The molecule has 2 rings (SSSR count). The molecule has 1 aromatic carbocycles. The van der Waals surface area contributed by atoms with Crippen LogP contribution in [0.25, 0.3) is 0 Å². The Morgan fingerprint density at radius 3 is 2.73 bits per heavy atom. The van der Waals surface area contributed by atoms with Gasteiger partial charge >= 0.3 is 0 Å². The Hall–Kier alpha value is -1.26. The highest BCUT2D eigenvalue weighted by Crippen LogP contribution is 2.18. The molecule has 0 bridgehead atoms. The van der Waals surface area contributed by atoms with Crippen LogP contribution in [0.5, 0.6) is 5.75 Å². The fourth-order valence-electron chi connectivity index (χ4n) is 1.60. The standard InChI is InChI=1S/C11H15N2O2/c12-10-7-15-6-5-11(10)13-8-1-3-9(14)4-2-8/h1-4,7,10-11,13-14H,5-6,12H2. The molecule has 1 heterocycles. The molecule has 2 atom stereocenters. The molecule has 0 spiro atoms. The first-order valence-corrected chi connectivity index (χ1v) is 5.02. The summed E-state index contributed by atoms with van der Waals surface area (Å²) < 4.78 is 5.14. The van der Waals surface area contributed by atoms with E-state index in [0.29, 0.717) is 6.61 Å². The van der Waals surface area contributed by atoms with Gasteiger partial charge in [0.1, 0.15) is 12.4 Å². The number of phenols is 1. The molecule has 1 radical (unpaired) electrons. The quantitative estimate of drug-likeness (QED) is 0.635. The molecule has 0 amide bonds. The van der Waals surface area contributed by atoms with Crippen LogP contribution >= 0.6 is 0 Å². The molecule has 0 aromatic heterocycles. The number of nitrogens with one attached hydrogen (secondary N) is 1. The van der Waals surface area contributed by atoms with Gasteiger partial charge in [-0.25, -0.2) is 0 Å². The van der Waals surface area contributed by atoms with E-state index in [2.05, 4.69) is 5.32 Å². The van der Waals surface area contributed by atoms with Crippen LogP contribution in [0.1, 0.15) is 6.42 Å². The van der Waals surface area contributed by atoms with E-state index in [1.807, 2.05) is 12.1 Å². The van der Waals surface area contributed by atoms with Gasteiger partial charge in [-0.15, -0.1) is 0 Å². The van der Waals surface area contributed by atoms with Crippen molar-refractivity contribution in [1.29, 1.82) is 0 Å². The second-order valence-electron chi connectivity index (χ2n) is 3.67. The normalized spacial score (nSPS) is 26.2. The van der Waals surface area contributed by atoms with Gasteiger partial charge in [0.25, 0.3) is 0 Å². The van der Waals surface area contributed by atoms with Crippen LogP contribution in [0.2, 0.25) is 0 Å². The third-order valence-corrected chi connectivity index (χ3v) is 2.48. The fraction of sp³-hybridized carbons (Fsp3) is 0.364. The number of phenolic OH excluding ortho intramolecular Hbond substituents is 1. The maximum Gasteiger partial charge on any atom is 0.115 e. The second kappa shape index (κ2) is 4.51. The van der Waals surface area contributed by atoms with Gasteiger partial charge in [-0.05, 0) is 30.7 Å². The molecule has 2 unspecified atom stereocenters. The lowest BCUT2D eigenvalue weighted by molar-refractivity contribution is 0.134. The van der Waals surface area contributed by atoms with E-state index in [0.717, 1.165) is 12.1 Å². The molecule has 0 aliphatic carbocycles. The van der Waals surface area contributed by atoms with Gasteiger partial charge in [0.2, 0.25) is 0 Å². The molecular weight excluding hydrogens is 192 g/mol. The summed E-state index contributed by atoms with van der Waals surface area (Å²) in [4.78, 5) is 0. The molecule has 81 valence electrons. The molecule has 4 N–H and O–H groups in total. The largest absolute Gasteiger partial charge is 0.508 e. The van der Waals surface area contributed by atoms with E-state index in [4.69, 9.17) is 15.6 Å². The molecule has 1 saturated heterocycles.